The number of aliphatic hydroxyl groups is 1. The SMILES string of the molecule is COCCc1ccccc1OCC(O)CNC(C)(C)CSc1ccc(NN=C(C)C)nn1. The molecule has 3 N–H and O–H groups in total. The third kappa shape index (κ3) is 9.95. The van der Waals surface area contributed by atoms with Crippen LogP contribution in [0, 0.1) is 0 Å². The van der Waals surface area contributed by atoms with E-state index in [9.17, 15) is 5.11 Å². The van der Waals surface area contributed by atoms with Gasteiger partial charge < -0.3 is 19.9 Å². The Hall–Kier alpha value is -2.20. The first-order chi connectivity index (χ1) is 15.3. The lowest BCUT2D eigenvalue weighted by Gasteiger charge is -2.27. The minimum atomic E-state index is -0.623. The summed E-state index contributed by atoms with van der Waals surface area (Å²) in [5.41, 5.74) is 4.65. The van der Waals surface area contributed by atoms with Gasteiger partial charge in [0, 0.05) is 30.7 Å². The summed E-state index contributed by atoms with van der Waals surface area (Å²) < 4.78 is 11.0. The van der Waals surface area contributed by atoms with Crippen molar-refractivity contribution in [3.8, 4) is 5.75 Å². The molecule has 2 rings (SSSR count). The Labute approximate surface area is 195 Å². The van der Waals surface area contributed by atoms with Gasteiger partial charge in [0.25, 0.3) is 0 Å². The molecule has 1 heterocycles. The second-order valence-corrected chi connectivity index (χ2v) is 9.29. The molecular formula is C23H35N5O3S. The zero-order valence-corrected chi connectivity index (χ0v) is 20.4. The Morgan fingerprint density at radius 2 is 1.97 bits per heavy atom. The van der Waals surface area contributed by atoms with Crippen LogP contribution in [0.5, 0.6) is 5.75 Å². The molecule has 0 fully saturated rings. The van der Waals surface area contributed by atoms with E-state index in [4.69, 9.17) is 9.47 Å². The lowest BCUT2D eigenvalue weighted by molar-refractivity contribution is 0.0995. The molecule has 1 aromatic carbocycles. The number of para-hydroxylation sites is 1. The Morgan fingerprint density at radius 3 is 2.66 bits per heavy atom. The summed E-state index contributed by atoms with van der Waals surface area (Å²) in [4.78, 5) is 0. The number of methoxy groups -OCH3 is 1. The van der Waals surface area contributed by atoms with Gasteiger partial charge in [-0.2, -0.15) is 5.10 Å². The number of β-amino-alcohol motifs (C(OH)–C–C–N with tert-alkyl or cyclic N) is 1. The predicted molar refractivity (Wildman–Crippen MR) is 131 cm³/mol. The number of anilines is 1. The fourth-order valence-electron chi connectivity index (χ4n) is 2.63. The summed E-state index contributed by atoms with van der Waals surface area (Å²) in [7, 11) is 1.68. The number of nitrogens with zero attached hydrogens (tertiary/aromatic N) is 3. The van der Waals surface area contributed by atoms with Gasteiger partial charge in [-0.1, -0.05) is 18.2 Å². The first-order valence-electron chi connectivity index (χ1n) is 10.7. The van der Waals surface area contributed by atoms with E-state index in [1.165, 1.54) is 0 Å². The minimum Gasteiger partial charge on any atom is -0.491 e. The summed E-state index contributed by atoms with van der Waals surface area (Å²) in [5.74, 6) is 2.17. The second-order valence-electron chi connectivity index (χ2n) is 8.30. The molecule has 2 aromatic rings. The lowest BCUT2D eigenvalue weighted by Crippen LogP contribution is -2.46. The second kappa shape index (κ2) is 13.4. The van der Waals surface area contributed by atoms with Crippen molar-refractivity contribution in [2.24, 2.45) is 5.10 Å². The van der Waals surface area contributed by atoms with Gasteiger partial charge in [-0.3, -0.25) is 5.43 Å². The van der Waals surface area contributed by atoms with Crippen LogP contribution in [-0.4, -0.2) is 65.3 Å². The van der Waals surface area contributed by atoms with E-state index in [0.29, 0.717) is 19.0 Å². The van der Waals surface area contributed by atoms with E-state index < -0.39 is 6.10 Å². The molecule has 0 amide bonds. The van der Waals surface area contributed by atoms with Crippen LogP contribution in [0.2, 0.25) is 0 Å². The van der Waals surface area contributed by atoms with Crippen molar-refractivity contribution < 1.29 is 14.6 Å². The number of aliphatic hydroxyl groups excluding tert-OH is 1. The van der Waals surface area contributed by atoms with Gasteiger partial charge >= 0.3 is 0 Å². The molecule has 8 nitrogen and oxygen atoms in total. The summed E-state index contributed by atoms with van der Waals surface area (Å²) >= 11 is 1.61. The van der Waals surface area contributed by atoms with Crippen molar-refractivity contribution in [3.05, 3.63) is 42.0 Å². The number of ether oxygens (including phenoxy) is 2. The van der Waals surface area contributed by atoms with Crippen LogP contribution in [-0.2, 0) is 11.2 Å². The normalized spacial score (nSPS) is 12.3. The molecule has 1 unspecified atom stereocenters. The number of hydrogen-bond donors (Lipinski definition) is 3. The molecule has 176 valence electrons. The number of thioether (sulfide) groups is 1. The van der Waals surface area contributed by atoms with E-state index in [0.717, 1.165) is 34.2 Å². The van der Waals surface area contributed by atoms with E-state index in [2.05, 4.69) is 39.9 Å². The maximum atomic E-state index is 10.4. The van der Waals surface area contributed by atoms with Gasteiger partial charge in [0.05, 0.1) is 6.61 Å². The summed E-state index contributed by atoms with van der Waals surface area (Å²) in [5, 5.41) is 27.1. The zero-order valence-electron chi connectivity index (χ0n) is 19.6. The lowest BCUT2D eigenvalue weighted by atomic mass is 10.1. The Balaban J connectivity index is 1.75. The summed E-state index contributed by atoms with van der Waals surface area (Å²) in [6, 6.07) is 11.6. The van der Waals surface area contributed by atoms with Crippen molar-refractivity contribution in [2.45, 2.75) is 50.8 Å². The average molecular weight is 462 g/mol. The molecule has 0 aliphatic carbocycles. The summed E-state index contributed by atoms with van der Waals surface area (Å²) in [6.07, 6.45) is 0.152. The van der Waals surface area contributed by atoms with Crippen LogP contribution in [0.4, 0.5) is 5.82 Å². The molecule has 1 atom stereocenters. The molecule has 0 aliphatic heterocycles. The molecule has 0 bridgehead atoms. The quantitative estimate of drug-likeness (QED) is 0.224. The highest BCUT2D eigenvalue weighted by Gasteiger charge is 2.20. The van der Waals surface area contributed by atoms with Crippen LogP contribution in [0.15, 0.2) is 46.5 Å². The van der Waals surface area contributed by atoms with Crippen LogP contribution in [0.25, 0.3) is 0 Å². The number of hydrazone groups is 1. The standard InChI is InChI=1S/C23H35N5O3S/c1-17(2)25-26-21-10-11-22(28-27-21)32-16-23(3,4)24-14-19(29)15-31-20-9-7-6-8-18(20)12-13-30-5/h6-11,19,24,29H,12-16H2,1-5H3,(H,26,27). The maximum absolute atomic E-state index is 10.4. The molecule has 0 saturated heterocycles. The zero-order chi connectivity index (χ0) is 23.4. The maximum Gasteiger partial charge on any atom is 0.168 e. The number of benzene rings is 1. The smallest absolute Gasteiger partial charge is 0.168 e. The highest BCUT2D eigenvalue weighted by molar-refractivity contribution is 7.99. The highest BCUT2D eigenvalue weighted by Crippen LogP contribution is 2.21. The van der Waals surface area contributed by atoms with Crippen LogP contribution < -0.4 is 15.5 Å². The third-order valence-electron chi connectivity index (χ3n) is 4.41. The van der Waals surface area contributed by atoms with Gasteiger partial charge in [0.2, 0.25) is 0 Å². The predicted octanol–water partition coefficient (Wildman–Crippen LogP) is 3.37. The van der Waals surface area contributed by atoms with Crippen molar-refractivity contribution in [1.29, 1.82) is 0 Å². The molecular weight excluding hydrogens is 426 g/mol. The van der Waals surface area contributed by atoms with Crippen LogP contribution in [0.1, 0.15) is 33.3 Å². The molecule has 0 aliphatic rings. The monoisotopic (exact) mass is 461 g/mol. The van der Waals surface area contributed by atoms with Crippen molar-refractivity contribution in [3.63, 3.8) is 0 Å². The Kier molecular flexibility index (Phi) is 10.9. The van der Waals surface area contributed by atoms with Gasteiger partial charge in [0.15, 0.2) is 5.82 Å². The molecule has 32 heavy (non-hydrogen) atoms. The molecule has 0 radical (unpaired) electrons. The molecule has 9 heteroatoms. The fourth-order valence-corrected chi connectivity index (χ4v) is 3.51. The van der Waals surface area contributed by atoms with E-state index >= 15 is 0 Å². The summed E-state index contributed by atoms with van der Waals surface area (Å²) in [6.45, 7) is 9.28. The van der Waals surface area contributed by atoms with E-state index in [1.54, 1.807) is 18.9 Å². The van der Waals surface area contributed by atoms with Crippen molar-refractivity contribution in [2.75, 3.05) is 38.0 Å². The third-order valence-corrected chi connectivity index (χ3v) is 5.79. The number of nitrogens with one attached hydrogen (secondary N) is 2. The Morgan fingerprint density at radius 1 is 1.19 bits per heavy atom. The molecule has 0 spiro atoms. The van der Waals surface area contributed by atoms with Gasteiger partial charge in [-0.05, 0) is 57.9 Å². The van der Waals surface area contributed by atoms with E-state index in [-0.39, 0.29) is 12.1 Å². The van der Waals surface area contributed by atoms with Crippen molar-refractivity contribution >= 4 is 23.3 Å². The number of aromatic nitrogens is 2. The van der Waals surface area contributed by atoms with E-state index in [1.807, 2.05) is 50.2 Å². The largest absolute Gasteiger partial charge is 0.491 e. The number of rotatable bonds is 14. The van der Waals surface area contributed by atoms with Crippen LogP contribution >= 0.6 is 11.8 Å². The average Bonchev–Trinajstić information content (AvgIpc) is 2.78. The minimum absolute atomic E-state index is 0.204. The Bertz CT molecular complexity index is 842. The fraction of sp³-hybridized carbons (Fsp3) is 0.522. The van der Waals surface area contributed by atoms with Gasteiger partial charge in [0.1, 0.15) is 23.5 Å². The topological polar surface area (TPSA) is 101 Å². The van der Waals surface area contributed by atoms with Crippen molar-refractivity contribution in [1.82, 2.24) is 15.5 Å². The first-order valence-corrected chi connectivity index (χ1v) is 11.6. The molecule has 0 saturated carbocycles. The highest BCUT2D eigenvalue weighted by atomic mass is 32.2. The van der Waals surface area contributed by atoms with Crippen LogP contribution in [0.3, 0.4) is 0 Å². The van der Waals surface area contributed by atoms with Gasteiger partial charge in [-0.15, -0.1) is 22.0 Å². The number of hydrogen-bond acceptors (Lipinski definition) is 9. The molecule has 1 aromatic heterocycles. The van der Waals surface area contributed by atoms with Gasteiger partial charge in [-0.25, -0.2) is 0 Å². The first kappa shape index (κ1) is 26.1.